The molecule has 8 heteroatoms. The zero-order chi connectivity index (χ0) is 29.1. The molecule has 0 aromatic heterocycles. The first-order valence-electron chi connectivity index (χ1n) is 13.8. The van der Waals surface area contributed by atoms with Gasteiger partial charge in [-0.3, -0.25) is 9.10 Å². The summed E-state index contributed by atoms with van der Waals surface area (Å²) in [7, 11) is -2.20. The van der Waals surface area contributed by atoms with E-state index < -0.39 is 10.0 Å². The fourth-order valence-electron chi connectivity index (χ4n) is 5.64. The van der Waals surface area contributed by atoms with Crippen LogP contribution in [-0.4, -0.2) is 33.5 Å². The fourth-order valence-corrected chi connectivity index (χ4v) is 7.68. The summed E-state index contributed by atoms with van der Waals surface area (Å²) >= 11 is 3.49. The molecule has 0 spiro atoms. The van der Waals surface area contributed by atoms with E-state index in [1.54, 1.807) is 31.3 Å². The molecule has 1 N–H and O–H groups in total. The Morgan fingerprint density at radius 2 is 1.50 bits per heavy atom. The van der Waals surface area contributed by atoms with Gasteiger partial charge in [0.25, 0.3) is 15.9 Å². The van der Waals surface area contributed by atoms with Crippen LogP contribution in [0.5, 0.6) is 5.75 Å². The van der Waals surface area contributed by atoms with Crippen LogP contribution in [0.25, 0.3) is 0 Å². The lowest BCUT2D eigenvalue weighted by atomic mass is 9.77. The highest BCUT2D eigenvalue weighted by Crippen LogP contribution is 2.33. The number of benzene rings is 3. The molecule has 1 aliphatic carbocycles. The first-order chi connectivity index (χ1) is 18.9. The number of ether oxygens (including phenoxy) is 1. The SMILES string of the molecule is Cc1cc(C)c(C)c(S(=O)(=O)N(C)c2ccc(OCC(=O)NC3(Cc4ccc(Br)cc4)CCCCC3)cc2)c1C. The number of hydrogen-bond acceptors (Lipinski definition) is 4. The number of anilines is 1. The molecule has 1 aliphatic rings. The van der Waals surface area contributed by atoms with E-state index in [1.165, 1.54) is 16.3 Å². The Bertz CT molecular complexity index is 1440. The van der Waals surface area contributed by atoms with Crippen molar-refractivity contribution in [1.82, 2.24) is 5.32 Å². The second-order valence-electron chi connectivity index (χ2n) is 11.0. The third-order valence-electron chi connectivity index (χ3n) is 8.16. The molecule has 1 saturated carbocycles. The highest BCUT2D eigenvalue weighted by Gasteiger charge is 2.34. The minimum atomic E-state index is -3.76. The van der Waals surface area contributed by atoms with Gasteiger partial charge < -0.3 is 10.1 Å². The summed E-state index contributed by atoms with van der Waals surface area (Å²) in [4.78, 5) is 13.3. The van der Waals surface area contributed by atoms with Crippen LogP contribution < -0.4 is 14.4 Å². The van der Waals surface area contributed by atoms with Gasteiger partial charge in [-0.25, -0.2) is 8.42 Å². The summed E-state index contributed by atoms with van der Waals surface area (Å²) in [6.45, 7) is 7.46. The third-order valence-corrected chi connectivity index (χ3v) is 10.7. The van der Waals surface area contributed by atoms with E-state index in [0.717, 1.165) is 58.8 Å². The summed E-state index contributed by atoms with van der Waals surface area (Å²) < 4.78 is 35.3. The first-order valence-corrected chi connectivity index (χ1v) is 16.0. The van der Waals surface area contributed by atoms with Crippen LogP contribution >= 0.6 is 15.9 Å². The van der Waals surface area contributed by atoms with Gasteiger partial charge in [-0.05, 0) is 111 Å². The zero-order valence-electron chi connectivity index (χ0n) is 24.0. The van der Waals surface area contributed by atoms with Gasteiger partial charge in [0, 0.05) is 17.1 Å². The standard InChI is InChI=1S/C32H39BrN2O4S/c1-22-19-23(2)25(4)31(24(22)3)40(37,38)35(5)28-13-15-29(16-14-28)39-21-30(36)34-32(17-7-6-8-18-32)20-26-9-11-27(33)12-10-26/h9-16,19H,6-8,17-18,20-21H2,1-5H3,(H,34,36). The van der Waals surface area contributed by atoms with Crippen LogP contribution in [0.2, 0.25) is 0 Å². The maximum absolute atomic E-state index is 13.6. The normalized spacial score (nSPS) is 14.9. The molecule has 3 aromatic rings. The number of rotatable bonds is 9. The molecule has 1 amide bonds. The average Bonchev–Trinajstić information content (AvgIpc) is 2.92. The van der Waals surface area contributed by atoms with E-state index >= 15 is 0 Å². The Morgan fingerprint density at radius 3 is 2.08 bits per heavy atom. The summed E-state index contributed by atoms with van der Waals surface area (Å²) in [6, 6.07) is 17.1. The van der Waals surface area contributed by atoms with Crippen LogP contribution in [0, 0.1) is 27.7 Å². The largest absolute Gasteiger partial charge is 0.484 e. The van der Waals surface area contributed by atoms with Crippen molar-refractivity contribution >= 4 is 37.5 Å². The molecular formula is C32H39BrN2O4S. The lowest BCUT2D eigenvalue weighted by Crippen LogP contribution is -2.52. The van der Waals surface area contributed by atoms with Gasteiger partial charge >= 0.3 is 0 Å². The summed E-state index contributed by atoms with van der Waals surface area (Å²) in [5.41, 5.74) is 4.87. The number of sulfonamides is 1. The summed E-state index contributed by atoms with van der Waals surface area (Å²) in [5, 5.41) is 3.29. The number of nitrogens with one attached hydrogen (secondary N) is 1. The van der Waals surface area contributed by atoms with E-state index in [0.29, 0.717) is 16.3 Å². The number of nitrogens with zero attached hydrogens (tertiary/aromatic N) is 1. The van der Waals surface area contributed by atoms with Gasteiger partial charge in [-0.15, -0.1) is 0 Å². The Balaban J connectivity index is 1.42. The van der Waals surface area contributed by atoms with E-state index in [4.69, 9.17) is 4.74 Å². The molecular weight excluding hydrogens is 588 g/mol. The van der Waals surface area contributed by atoms with Crippen molar-refractivity contribution in [3.63, 3.8) is 0 Å². The first kappa shape index (κ1) is 30.1. The number of carbonyl (C=O) groups is 1. The second-order valence-corrected chi connectivity index (χ2v) is 13.9. The molecule has 0 bridgehead atoms. The molecule has 0 heterocycles. The van der Waals surface area contributed by atoms with Crippen LogP contribution in [0.15, 0.2) is 64.0 Å². The van der Waals surface area contributed by atoms with Gasteiger partial charge in [0.15, 0.2) is 6.61 Å². The zero-order valence-corrected chi connectivity index (χ0v) is 26.4. The van der Waals surface area contributed by atoms with Crippen molar-refractivity contribution in [3.8, 4) is 5.75 Å². The maximum Gasteiger partial charge on any atom is 0.264 e. The quantitative estimate of drug-likeness (QED) is 0.279. The minimum Gasteiger partial charge on any atom is -0.484 e. The Labute approximate surface area is 247 Å². The molecule has 0 radical (unpaired) electrons. The molecule has 0 atom stereocenters. The van der Waals surface area contributed by atoms with Crippen molar-refractivity contribution in [2.24, 2.45) is 0 Å². The molecule has 4 rings (SSSR count). The van der Waals surface area contributed by atoms with Gasteiger partial charge in [-0.1, -0.05) is 53.4 Å². The van der Waals surface area contributed by atoms with E-state index in [9.17, 15) is 13.2 Å². The summed E-state index contributed by atoms with van der Waals surface area (Å²) in [5.74, 6) is 0.359. The topological polar surface area (TPSA) is 75.7 Å². The molecule has 6 nitrogen and oxygen atoms in total. The van der Waals surface area contributed by atoms with Crippen LogP contribution in [0.1, 0.15) is 59.9 Å². The van der Waals surface area contributed by atoms with Crippen LogP contribution in [0.4, 0.5) is 5.69 Å². The number of amides is 1. The monoisotopic (exact) mass is 626 g/mol. The predicted molar refractivity (Wildman–Crippen MR) is 165 cm³/mol. The van der Waals surface area contributed by atoms with Crippen LogP contribution in [-0.2, 0) is 21.2 Å². The van der Waals surface area contributed by atoms with Crippen molar-refractivity contribution in [3.05, 3.63) is 86.9 Å². The summed E-state index contributed by atoms with van der Waals surface area (Å²) in [6.07, 6.45) is 6.06. The third kappa shape index (κ3) is 6.72. The van der Waals surface area contributed by atoms with Gasteiger partial charge in [0.1, 0.15) is 5.75 Å². The molecule has 0 aliphatic heterocycles. The highest BCUT2D eigenvalue weighted by molar-refractivity contribution is 9.10. The number of halogens is 1. The minimum absolute atomic E-state index is 0.101. The fraction of sp³-hybridized carbons (Fsp3) is 0.406. The van der Waals surface area contributed by atoms with Gasteiger partial charge in [0.2, 0.25) is 0 Å². The molecule has 0 unspecified atom stereocenters. The molecule has 0 saturated heterocycles. The van der Waals surface area contributed by atoms with Gasteiger partial charge in [0.05, 0.1) is 10.6 Å². The lowest BCUT2D eigenvalue weighted by Gasteiger charge is -2.38. The molecule has 214 valence electrons. The smallest absolute Gasteiger partial charge is 0.264 e. The predicted octanol–water partition coefficient (Wildman–Crippen LogP) is 6.95. The van der Waals surface area contributed by atoms with E-state index in [-0.39, 0.29) is 18.1 Å². The number of carbonyl (C=O) groups excluding carboxylic acids is 1. The molecule has 3 aromatic carbocycles. The second kappa shape index (κ2) is 12.4. The maximum atomic E-state index is 13.6. The Morgan fingerprint density at radius 1 is 0.925 bits per heavy atom. The van der Waals surface area contributed by atoms with Crippen molar-refractivity contribution in [2.75, 3.05) is 18.0 Å². The highest BCUT2D eigenvalue weighted by atomic mass is 79.9. The van der Waals surface area contributed by atoms with Crippen molar-refractivity contribution in [1.29, 1.82) is 0 Å². The van der Waals surface area contributed by atoms with Crippen LogP contribution in [0.3, 0.4) is 0 Å². The lowest BCUT2D eigenvalue weighted by molar-refractivity contribution is -0.125. The number of aryl methyl sites for hydroxylation is 2. The van der Waals surface area contributed by atoms with E-state index in [1.807, 2.05) is 45.9 Å². The van der Waals surface area contributed by atoms with Crippen molar-refractivity contribution in [2.45, 2.75) is 76.7 Å². The van der Waals surface area contributed by atoms with Crippen molar-refractivity contribution < 1.29 is 17.9 Å². The Kier molecular flexibility index (Phi) is 9.30. The van der Waals surface area contributed by atoms with Gasteiger partial charge in [-0.2, -0.15) is 0 Å². The molecule has 40 heavy (non-hydrogen) atoms. The average molecular weight is 628 g/mol. The Hall–Kier alpha value is -2.84. The van der Waals surface area contributed by atoms with E-state index in [2.05, 4.69) is 33.4 Å². The molecule has 1 fully saturated rings. The number of hydrogen-bond donors (Lipinski definition) is 1.